The lowest BCUT2D eigenvalue weighted by Gasteiger charge is -2.07. The van der Waals surface area contributed by atoms with E-state index in [9.17, 15) is 0 Å². The summed E-state index contributed by atoms with van der Waals surface area (Å²) in [5.41, 5.74) is 7.23. The fourth-order valence-electron chi connectivity index (χ4n) is 1.52. The molecule has 2 N–H and O–H groups in total. The Morgan fingerprint density at radius 1 is 1.38 bits per heavy atom. The highest BCUT2D eigenvalue weighted by Gasteiger charge is 2.05. The number of nitrogen functional groups attached to an aromatic ring is 1. The van der Waals surface area contributed by atoms with Crippen LogP contribution in [0.25, 0.3) is 5.69 Å². The summed E-state index contributed by atoms with van der Waals surface area (Å²) < 4.78 is 6.88. The lowest BCUT2D eigenvalue weighted by Crippen LogP contribution is -1.98. The molecule has 0 aliphatic rings. The second kappa shape index (κ2) is 3.99. The molecule has 4 heteroatoms. The third kappa shape index (κ3) is 1.71. The van der Waals surface area contributed by atoms with Crippen LogP contribution in [0.5, 0.6) is 5.75 Å². The molecule has 0 spiro atoms. The average molecular weight is 213 g/mol. The zero-order chi connectivity index (χ0) is 11.5. The van der Waals surface area contributed by atoms with Crippen LogP contribution in [0.4, 0.5) is 5.82 Å². The minimum Gasteiger partial charge on any atom is -0.497 e. The molecule has 1 aromatic carbocycles. The Balaban J connectivity index is 2.50. The van der Waals surface area contributed by atoms with Gasteiger partial charge in [-0.1, -0.05) is 6.07 Å². The predicted molar refractivity (Wildman–Crippen MR) is 61.4 cm³/mol. The molecule has 2 aromatic rings. The highest BCUT2D eigenvalue weighted by atomic mass is 16.5. The van der Waals surface area contributed by atoms with Gasteiger partial charge in [0, 0.05) is 12.3 Å². The first kappa shape index (κ1) is 10.1. The molecule has 0 bridgehead atoms. The van der Waals surface area contributed by atoms with E-state index in [0.717, 1.165) is 11.4 Å². The molecule has 0 atom stereocenters. The molecule has 0 aliphatic heterocycles. The van der Waals surface area contributed by atoms with Gasteiger partial charge in [-0.05, 0) is 18.2 Å². The number of nitrogens with zero attached hydrogens (tertiary/aromatic N) is 2. The van der Waals surface area contributed by atoms with E-state index in [1.807, 2.05) is 24.3 Å². The molecule has 0 radical (unpaired) electrons. The molecule has 0 saturated heterocycles. The topological polar surface area (TPSA) is 64.0 Å². The van der Waals surface area contributed by atoms with E-state index in [0.29, 0.717) is 11.4 Å². The maximum absolute atomic E-state index is 8.78. The van der Waals surface area contributed by atoms with Gasteiger partial charge in [-0.25, -0.2) is 0 Å². The van der Waals surface area contributed by atoms with Crippen molar-refractivity contribution in [2.45, 2.75) is 0 Å². The number of aromatic nitrogens is 1. The third-order valence-electron chi connectivity index (χ3n) is 2.31. The summed E-state index contributed by atoms with van der Waals surface area (Å²) in [6.07, 6.45) is 1.70. The second-order valence-corrected chi connectivity index (χ2v) is 3.34. The van der Waals surface area contributed by atoms with Crippen molar-refractivity contribution in [2.75, 3.05) is 12.8 Å². The van der Waals surface area contributed by atoms with Gasteiger partial charge in [0.1, 0.15) is 17.6 Å². The molecule has 16 heavy (non-hydrogen) atoms. The molecule has 80 valence electrons. The number of rotatable bonds is 2. The molecule has 4 nitrogen and oxygen atoms in total. The van der Waals surface area contributed by atoms with Gasteiger partial charge in [-0.3, -0.25) is 0 Å². The van der Waals surface area contributed by atoms with Crippen molar-refractivity contribution in [3.05, 3.63) is 42.1 Å². The van der Waals surface area contributed by atoms with Crippen molar-refractivity contribution in [1.29, 1.82) is 5.26 Å². The molecule has 0 unspecified atom stereocenters. The zero-order valence-corrected chi connectivity index (χ0v) is 8.84. The van der Waals surface area contributed by atoms with Crippen molar-refractivity contribution >= 4 is 5.82 Å². The van der Waals surface area contributed by atoms with E-state index in [4.69, 9.17) is 15.7 Å². The number of benzene rings is 1. The lowest BCUT2D eigenvalue weighted by molar-refractivity contribution is 0.414. The van der Waals surface area contributed by atoms with Crippen molar-refractivity contribution in [3.63, 3.8) is 0 Å². The van der Waals surface area contributed by atoms with Gasteiger partial charge < -0.3 is 15.0 Å². The van der Waals surface area contributed by atoms with Crippen LogP contribution in [-0.4, -0.2) is 11.7 Å². The van der Waals surface area contributed by atoms with Crippen LogP contribution in [0.1, 0.15) is 5.56 Å². The van der Waals surface area contributed by atoms with Crippen LogP contribution in [0.15, 0.2) is 36.5 Å². The Morgan fingerprint density at radius 3 is 2.81 bits per heavy atom. The molecule has 0 fully saturated rings. The van der Waals surface area contributed by atoms with Crippen LogP contribution in [0.2, 0.25) is 0 Å². The summed E-state index contributed by atoms with van der Waals surface area (Å²) >= 11 is 0. The molecular formula is C12H11N3O. The Morgan fingerprint density at radius 2 is 2.19 bits per heavy atom. The largest absolute Gasteiger partial charge is 0.497 e. The van der Waals surface area contributed by atoms with E-state index in [2.05, 4.69) is 6.07 Å². The van der Waals surface area contributed by atoms with E-state index >= 15 is 0 Å². The number of hydrogen-bond donors (Lipinski definition) is 1. The molecule has 0 amide bonds. The van der Waals surface area contributed by atoms with Crippen LogP contribution < -0.4 is 10.5 Å². The first-order valence-electron chi connectivity index (χ1n) is 4.77. The highest BCUT2D eigenvalue weighted by Crippen LogP contribution is 2.21. The molecule has 0 saturated carbocycles. The second-order valence-electron chi connectivity index (χ2n) is 3.34. The van der Waals surface area contributed by atoms with E-state index in [1.165, 1.54) is 0 Å². The van der Waals surface area contributed by atoms with Crippen LogP contribution in [0.3, 0.4) is 0 Å². The summed E-state index contributed by atoms with van der Waals surface area (Å²) in [7, 11) is 1.61. The Labute approximate surface area is 93.5 Å². The fourth-order valence-corrected chi connectivity index (χ4v) is 1.52. The summed E-state index contributed by atoms with van der Waals surface area (Å²) in [6, 6.07) is 11.2. The van der Waals surface area contributed by atoms with E-state index in [1.54, 1.807) is 23.9 Å². The SMILES string of the molecule is COc1cccc(-n2cc(C#N)cc2N)c1. The highest BCUT2D eigenvalue weighted by molar-refractivity contribution is 5.51. The van der Waals surface area contributed by atoms with Gasteiger partial charge in [-0.15, -0.1) is 0 Å². The van der Waals surface area contributed by atoms with Crippen LogP contribution in [-0.2, 0) is 0 Å². The summed E-state index contributed by atoms with van der Waals surface area (Å²) in [6.45, 7) is 0. The van der Waals surface area contributed by atoms with Gasteiger partial charge >= 0.3 is 0 Å². The molecular weight excluding hydrogens is 202 g/mol. The van der Waals surface area contributed by atoms with Gasteiger partial charge in [0.2, 0.25) is 0 Å². The van der Waals surface area contributed by atoms with Crippen molar-refractivity contribution < 1.29 is 4.74 Å². The van der Waals surface area contributed by atoms with E-state index < -0.39 is 0 Å². The molecule has 1 heterocycles. The lowest BCUT2D eigenvalue weighted by atomic mass is 10.3. The van der Waals surface area contributed by atoms with Crippen LogP contribution >= 0.6 is 0 Å². The normalized spacial score (nSPS) is 9.75. The number of methoxy groups -OCH3 is 1. The maximum atomic E-state index is 8.78. The van der Waals surface area contributed by atoms with E-state index in [-0.39, 0.29) is 0 Å². The average Bonchev–Trinajstić information content (AvgIpc) is 2.71. The first-order valence-corrected chi connectivity index (χ1v) is 4.77. The first-order chi connectivity index (χ1) is 7.74. The smallest absolute Gasteiger partial charge is 0.120 e. The monoisotopic (exact) mass is 213 g/mol. The number of hydrogen-bond acceptors (Lipinski definition) is 3. The quantitative estimate of drug-likeness (QED) is 0.829. The summed E-state index contributed by atoms with van der Waals surface area (Å²) in [5.74, 6) is 1.29. The minimum atomic E-state index is 0.532. The Hall–Kier alpha value is -2.41. The minimum absolute atomic E-state index is 0.532. The standard InChI is InChI=1S/C12H11N3O/c1-16-11-4-2-3-10(6-11)15-8-9(7-13)5-12(15)14/h2-6,8H,14H2,1H3. The Kier molecular flexibility index (Phi) is 2.52. The fraction of sp³-hybridized carbons (Fsp3) is 0.0833. The van der Waals surface area contributed by atoms with Crippen molar-refractivity contribution in [1.82, 2.24) is 4.57 Å². The van der Waals surface area contributed by atoms with Gasteiger partial charge in [0.05, 0.1) is 18.4 Å². The number of nitrogens with two attached hydrogens (primary N) is 1. The number of ether oxygens (including phenoxy) is 1. The van der Waals surface area contributed by atoms with Gasteiger partial charge in [0.25, 0.3) is 0 Å². The molecule has 2 rings (SSSR count). The predicted octanol–water partition coefficient (Wildman–Crippen LogP) is 1.94. The number of anilines is 1. The number of nitriles is 1. The van der Waals surface area contributed by atoms with Crippen molar-refractivity contribution in [3.8, 4) is 17.5 Å². The summed E-state index contributed by atoms with van der Waals surface area (Å²) in [5, 5.41) is 8.78. The molecule has 0 aliphatic carbocycles. The molecule has 1 aromatic heterocycles. The van der Waals surface area contributed by atoms with Crippen molar-refractivity contribution in [2.24, 2.45) is 0 Å². The Bertz CT molecular complexity index is 552. The third-order valence-corrected chi connectivity index (χ3v) is 2.31. The zero-order valence-electron chi connectivity index (χ0n) is 8.84. The summed E-state index contributed by atoms with van der Waals surface area (Å²) in [4.78, 5) is 0. The van der Waals surface area contributed by atoms with Crippen LogP contribution in [0, 0.1) is 11.3 Å². The van der Waals surface area contributed by atoms with Gasteiger partial charge in [0.15, 0.2) is 0 Å². The maximum Gasteiger partial charge on any atom is 0.120 e. The van der Waals surface area contributed by atoms with Gasteiger partial charge in [-0.2, -0.15) is 5.26 Å².